The van der Waals surface area contributed by atoms with Crippen LogP contribution in [0.25, 0.3) is 0 Å². The summed E-state index contributed by atoms with van der Waals surface area (Å²) in [4.78, 5) is 42.7. The molecule has 3 amide bonds. The first-order valence-corrected chi connectivity index (χ1v) is 13.0. The van der Waals surface area contributed by atoms with Crippen molar-refractivity contribution in [1.82, 2.24) is 15.1 Å². The van der Waals surface area contributed by atoms with E-state index in [1.54, 1.807) is 0 Å². The number of carbonyl (C=O) groups excluding carboxylic acids is 3. The van der Waals surface area contributed by atoms with E-state index in [1.807, 2.05) is 67.8 Å². The second-order valence-electron chi connectivity index (χ2n) is 10.9. The van der Waals surface area contributed by atoms with Crippen molar-refractivity contribution < 1.29 is 14.4 Å². The highest BCUT2D eigenvalue weighted by molar-refractivity contribution is 5.88. The number of hydrogen-bond acceptors (Lipinski definition) is 3. The van der Waals surface area contributed by atoms with E-state index < -0.39 is 6.04 Å². The van der Waals surface area contributed by atoms with Gasteiger partial charge in [-0.1, -0.05) is 83.7 Å². The van der Waals surface area contributed by atoms with E-state index in [2.05, 4.69) is 12.2 Å². The fraction of sp³-hybridized carbons (Fsp3) is 0.679. The molecule has 1 aliphatic heterocycles. The summed E-state index contributed by atoms with van der Waals surface area (Å²) in [5, 5.41) is 3.00. The zero-order chi connectivity index (χ0) is 25.1. The van der Waals surface area contributed by atoms with Crippen molar-refractivity contribution in [1.29, 1.82) is 0 Å². The molecular formula is C28H45N3O3. The molecule has 2 unspecified atom stereocenters. The molecule has 0 saturated carbocycles. The van der Waals surface area contributed by atoms with Crippen LogP contribution in [0.15, 0.2) is 30.3 Å². The van der Waals surface area contributed by atoms with Gasteiger partial charge in [0.2, 0.25) is 17.7 Å². The van der Waals surface area contributed by atoms with Crippen molar-refractivity contribution >= 4 is 17.7 Å². The lowest BCUT2D eigenvalue weighted by atomic mass is 9.91. The van der Waals surface area contributed by atoms with E-state index in [9.17, 15) is 14.4 Å². The number of unbranched alkanes of at least 4 members (excludes halogenated alkanes) is 4. The average Bonchev–Trinajstić information content (AvgIpc) is 2.77. The quantitative estimate of drug-likeness (QED) is 0.481. The minimum Gasteiger partial charge on any atom is -0.344 e. The highest BCUT2D eigenvalue weighted by Gasteiger charge is 2.33. The molecule has 190 valence electrons. The summed E-state index contributed by atoms with van der Waals surface area (Å²) >= 11 is 0. The number of benzene rings is 1. The lowest BCUT2D eigenvalue weighted by Crippen LogP contribution is -2.59. The fourth-order valence-corrected chi connectivity index (χ4v) is 4.55. The van der Waals surface area contributed by atoms with Crippen molar-refractivity contribution in [2.75, 3.05) is 19.6 Å². The van der Waals surface area contributed by atoms with E-state index >= 15 is 0 Å². The number of carbonyl (C=O) groups is 3. The SMILES string of the molecule is CCCCCCCC(=O)N1CCN(C(=O)C(Cc2ccccc2)NC(=O)CC(C)(C)C)CC1C. The number of rotatable bonds is 11. The predicted molar refractivity (Wildman–Crippen MR) is 137 cm³/mol. The summed E-state index contributed by atoms with van der Waals surface area (Å²) < 4.78 is 0. The topological polar surface area (TPSA) is 69.7 Å². The third-order valence-corrected chi connectivity index (χ3v) is 6.36. The number of hydrogen-bond donors (Lipinski definition) is 1. The molecule has 0 bridgehead atoms. The Labute approximate surface area is 206 Å². The van der Waals surface area contributed by atoms with Crippen LogP contribution >= 0.6 is 0 Å². The smallest absolute Gasteiger partial charge is 0.245 e. The van der Waals surface area contributed by atoms with Crippen LogP contribution in [0.1, 0.15) is 85.1 Å². The van der Waals surface area contributed by atoms with Crippen LogP contribution in [0.3, 0.4) is 0 Å². The maximum Gasteiger partial charge on any atom is 0.245 e. The van der Waals surface area contributed by atoms with Gasteiger partial charge in [0.1, 0.15) is 6.04 Å². The molecule has 2 atom stereocenters. The summed E-state index contributed by atoms with van der Waals surface area (Å²) in [7, 11) is 0. The molecule has 2 rings (SSSR count). The van der Waals surface area contributed by atoms with Crippen LogP contribution in [0.5, 0.6) is 0 Å². The molecule has 0 radical (unpaired) electrons. The van der Waals surface area contributed by atoms with Crippen molar-refractivity contribution in [3.63, 3.8) is 0 Å². The normalized spacial score (nSPS) is 17.4. The summed E-state index contributed by atoms with van der Waals surface area (Å²) in [6.07, 6.45) is 7.05. The molecule has 6 heteroatoms. The third-order valence-electron chi connectivity index (χ3n) is 6.36. The first-order chi connectivity index (χ1) is 16.1. The summed E-state index contributed by atoms with van der Waals surface area (Å²) in [6, 6.07) is 9.17. The van der Waals surface area contributed by atoms with Gasteiger partial charge in [-0.15, -0.1) is 0 Å². The van der Waals surface area contributed by atoms with Crippen LogP contribution in [-0.4, -0.2) is 59.2 Å². The Morgan fingerprint density at radius 1 is 1.03 bits per heavy atom. The summed E-state index contributed by atoms with van der Waals surface area (Å²) in [5.74, 6) is 0.0201. The molecule has 0 spiro atoms. The van der Waals surface area contributed by atoms with Crippen molar-refractivity contribution in [2.24, 2.45) is 5.41 Å². The van der Waals surface area contributed by atoms with E-state index in [4.69, 9.17) is 0 Å². The lowest BCUT2D eigenvalue weighted by molar-refractivity contribution is -0.144. The Morgan fingerprint density at radius 3 is 2.32 bits per heavy atom. The average molecular weight is 472 g/mol. The second-order valence-corrected chi connectivity index (χ2v) is 10.9. The molecular weight excluding hydrogens is 426 g/mol. The Balaban J connectivity index is 1.98. The van der Waals surface area contributed by atoms with Crippen LogP contribution in [0.2, 0.25) is 0 Å². The Morgan fingerprint density at radius 2 is 1.71 bits per heavy atom. The first-order valence-electron chi connectivity index (χ1n) is 13.0. The number of nitrogens with one attached hydrogen (secondary N) is 1. The minimum atomic E-state index is -0.606. The molecule has 0 aromatic heterocycles. The molecule has 1 fully saturated rings. The van der Waals surface area contributed by atoms with E-state index in [0.717, 1.165) is 18.4 Å². The highest BCUT2D eigenvalue weighted by atomic mass is 16.2. The Kier molecular flexibility index (Phi) is 11.1. The number of amides is 3. The van der Waals surface area contributed by atoms with Crippen LogP contribution < -0.4 is 5.32 Å². The largest absolute Gasteiger partial charge is 0.344 e. The minimum absolute atomic E-state index is 0.0245. The highest BCUT2D eigenvalue weighted by Crippen LogP contribution is 2.19. The predicted octanol–water partition coefficient (Wildman–Crippen LogP) is 4.57. The zero-order valence-corrected chi connectivity index (χ0v) is 21.9. The third kappa shape index (κ3) is 9.47. The fourth-order valence-electron chi connectivity index (χ4n) is 4.55. The van der Waals surface area contributed by atoms with Crippen LogP contribution in [0.4, 0.5) is 0 Å². The molecule has 1 N–H and O–H groups in total. The maximum atomic E-state index is 13.5. The van der Waals surface area contributed by atoms with Gasteiger partial charge in [0.15, 0.2) is 0 Å². The van der Waals surface area contributed by atoms with E-state index in [-0.39, 0.29) is 29.2 Å². The Hall–Kier alpha value is -2.37. The van der Waals surface area contributed by atoms with Crippen LogP contribution in [-0.2, 0) is 20.8 Å². The molecule has 1 aliphatic rings. The van der Waals surface area contributed by atoms with Gasteiger partial charge in [-0.25, -0.2) is 0 Å². The van der Waals surface area contributed by atoms with E-state index in [1.165, 1.54) is 19.3 Å². The molecule has 34 heavy (non-hydrogen) atoms. The van der Waals surface area contributed by atoms with Gasteiger partial charge in [-0.05, 0) is 24.3 Å². The summed E-state index contributed by atoms with van der Waals surface area (Å²) in [6.45, 7) is 11.8. The molecule has 0 aliphatic carbocycles. The van der Waals surface area contributed by atoms with Gasteiger partial charge in [0, 0.05) is 44.9 Å². The lowest BCUT2D eigenvalue weighted by Gasteiger charge is -2.41. The molecule has 6 nitrogen and oxygen atoms in total. The van der Waals surface area contributed by atoms with Crippen molar-refractivity contribution in [3.8, 4) is 0 Å². The second kappa shape index (κ2) is 13.5. The van der Waals surface area contributed by atoms with E-state index in [0.29, 0.717) is 38.9 Å². The van der Waals surface area contributed by atoms with Gasteiger partial charge in [-0.3, -0.25) is 14.4 Å². The molecule has 1 heterocycles. The summed E-state index contributed by atoms with van der Waals surface area (Å²) in [5.41, 5.74) is 0.864. The van der Waals surface area contributed by atoms with Crippen LogP contribution in [0, 0.1) is 5.41 Å². The van der Waals surface area contributed by atoms with Gasteiger partial charge in [0.25, 0.3) is 0 Å². The standard InChI is InChI=1S/C28H45N3O3/c1-6-7-8-9-13-16-26(33)31-18-17-30(21-22(31)2)27(34)24(19-23-14-11-10-12-15-23)29-25(32)20-28(3,4)5/h10-12,14-15,22,24H,6-9,13,16-21H2,1-5H3,(H,29,32). The number of piperazine rings is 1. The van der Waals surface area contributed by atoms with Crippen molar-refractivity contribution in [2.45, 2.75) is 98.1 Å². The van der Waals surface area contributed by atoms with Crippen molar-refractivity contribution in [3.05, 3.63) is 35.9 Å². The number of nitrogens with zero attached hydrogens (tertiary/aromatic N) is 2. The zero-order valence-electron chi connectivity index (χ0n) is 21.9. The Bertz CT molecular complexity index is 788. The van der Waals surface area contributed by atoms with Gasteiger partial charge in [-0.2, -0.15) is 0 Å². The maximum absolute atomic E-state index is 13.5. The van der Waals surface area contributed by atoms with Gasteiger partial charge >= 0.3 is 0 Å². The monoisotopic (exact) mass is 471 g/mol. The molecule has 1 aromatic carbocycles. The van der Waals surface area contributed by atoms with Gasteiger partial charge < -0.3 is 15.1 Å². The molecule has 1 aromatic rings. The van der Waals surface area contributed by atoms with Gasteiger partial charge in [0.05, 0.1) is 0 Å². The first kappa shape index (κ1) is 27.9. The molecule has 1 saturated heterocycles.